The Hall–Kier alpha value is -5.12. The summed E-state index contributed by atoms with van der Waals surface area (Å²) in [6, 6.07) is 13.0. The van der Waals surface area contributed by atoms with Crippen molar-refractivity contribution in [2.75, 3.05) is 5.32 Å². The van der Waals surface area contributed by atoms with Crippen molar-refractivity contribution in [3.63, 3.8) is 0 Å². The van der Waals surface area contributed by atoms with Crippen LogP contribution in [0.5, 0.6) is 11.5 Å². The molecule has 0 spiro atoms. The number of pyridine rings is 1. The molecule has 3 aromatic heterocycles. The minimum Gasteiger partial charge on any atom is -0.457 e. The third kappa shape index (κ3) is 4.78. The van der Waals surface area contributed by atoms with Gasteiger partial charge in [0.25, 0.3) is 0 Å². The van der Waals surface area contributed by atoms with Gasteiger partial charge in [-0.05, 0) is 80.7 Å². The Bertz CT molecular complexity index is 1950. The molecule has 0 radical (unpaired) electrons. The molecule has 2 aliphatic rings. The fraction of sp³-hybridized carbons (Fsp3) is 0.242. The van der Waals surface area contributed by atoms with Gasteiger partial charge in [0, 0.05) is 24.7 Å². The number of piperidine rings is 1. The highest BCUT2D eigenvalue weighted by molar-refractivity contribution is 5.90. The molecule has 43 heavy (non-hydrogen) atoms. The van der Waals surface area contributed by atoms with Crippen LogP contribution in [0.4, 0.5) is 15.9 Å². The third-order valence-electron chi connectivity index (χ3n) is 8.39. The summed E-state index contributed by atoms with van der Waals surface area (Å²) in [6.45, 7) is 5.36. The zero-order valence-electron chi connectivity index (χ0n) is 23.9. The number of hydrogen-bond acceptors (Lipinski definition) is 7. The van der Waals surface area contributed by atoms with E-state index in [0.717, 1.165) is 41.6 Å². The van der Waals surface area contributed by atoms with E-state index >= 15 is 4.39 Å². The second kappa shape index (κ2) is 10.6. The molecule has 9 nitrogen and oxygen atoms in total. The number of imidazole rings is 1. The van der Waals surface area contributed by atoms with Crippen LogP contribution in [0.15, 0.2) is 73.9 Å². The Morgan fingerprint density at radius 3 is 2.84 bits per heavy atom. The summed E-state index contributed by atoms with van der Waals surface area (Å²) in [6.07, 6.45) is 10.4. The molecule has 5 aromatic rings. The lowest BCUT2D eigenvalue weighted by Gasteiger charge is -2.44. The Balaban J connectivity index is 1.17. The van der Waals surface area contributed by atoms with Gasteiger partial charge in [0.05, 0.1) is 40.3 Å². The molecule has 1 amide bonds. The standard InChI is InChI=1S/C33H30FN7O2/c1-4-30(42)41-21-6-5-7-22(41)15-20(14-21)24-9-10-26-32(38-24)33(36-17-35-26)39-25-11-13-29(19(2)31(25)34)43-23-8-12-28-27(16-23)37-18-40(28)3/h4,8-14,16-18,21-22H,1,5-7,15H2,2-3H3,(H,35,36,39). The lowest BCUT2D eigenvalue weighted by Crippen LogP contribution is -2.51. The second-order valence-electron chi connectivity index (χ2n) is 11.1. The Morgan fingerprint density at radius 2 is 2.00 bits per heavy atom. The van der Waals surface area contributed by atoms with E-state index in [1.165, 1.54) is 12.4 Å². The summed E-state index contributed by atoms with van der Waals surface area (Å²) in [5, 5.41) is 3.13. The molecular formula is C33H30FN7O2. The Morgan fingerprint density at radius 1 is 1.12 bits per heavy atom. The van der Waals surface area contributed by atoms with E-state index in [1.54, 1.807) is 25.4 Å². The topological polar surface area (TPSA) is 98.1 Å². The van der Waals surface area contributed by atoms with Crippen molar-refractivity contribution in [2.24, 2.45) is 7.05 Å². The highest BCUT2D eigenvalue weighted by Crippen LogP contribution is 2.38. The number of halogens is 1. The van der Waals surface area contributed by atoms with Crippen LogP contribution >= 0.6 is 0 Å². The summed E-state index contributed by atoms with van der Waals surface area (Å²) < 4.78 is 23.6. The molecule has 1 saturated heterocycles. The van der Waals surface area contributed by atoms with Crippen molar-refractivity contribution in [3.8, 4) is 11.5 Å². The quantitative estimate of drug-likeness (QED) is 0.227. The highest BCUT2D eigenvalue weighted by atomic mass is 19.1. The van der Waals surface area contributed by atoms with Gasteiger partial charge in [-0.2, -0.15) is 0 Å². The molecule has 5 heterocycles. The zero-order valence-corrected chi connectivity index (χ0v) is 23.9. The van der Waals surface area contributed by atoms with Crippen LogP contribution in [-0.4, -0.2) is 47.4 Å². The first-order valence-corrected chi connectivity index (χ1v) is 14.3. The van der Waals surface area contributed by atoms with Gasteiger partial charge >= 0.3 is 0 Å². The fourth-order valence-electron chi connectivity index (χ4n) is 6.19. The molecule has 7 rings (SSSR count). The maximum atomic E-state index is 15.7. The number of nitrogens with zero attached hydrogens (tertiary/aromatic N) is 6. The predicted molar refractivity (Wildman–Crippen MR) is 164 cm³/mol. The number of anilines is 2. The van der Waals surface area contributed by atoms with Gasteiger partial charge in [-0.15, -0.1) is 0 Å². The van der Waals surface area contributed by atoms with Crippen LogP contribution in [0, 0.1) is 12.7 Å². The Kier molecular flexibility index (Phi) is 6.61. The van der Waals surface area contributed by atoms with Gasteiger partial charge in [0.15, 0.2) is 11.6 Å². The molecule has 2 aliphatic heterocycles. The number of benzene rings is 2. The predicted octanol–water partition coefficient (Wildman–Crippen LogP) is 6.62. The van der Waals surface area contributed by atoms with E-state index < -0.39 is 5.82 Å². The number of carbonyl (C=O) groups excluding carboxylic acids is 1. The van der Waals surface area contributed by atoms with Gasteiger partial charge in [-0.3, -0.25) is 4.79 Å². The SMILES string of the molecule is C=CC(=O)N1C2C=C(c3ccc4ncnc(Nc5ccc(Oc6ccc7c(c6)ncn7C)c(C)c5F)c4n3)CC1CCC2. The summed E-state index contributed by atoms with van der Waals surface area (Å²) in [5.41, 5.74) is 5.47. The Labute approximate surface area is 247 Å². The number of hydrogen-bond donors (Lipinski definition) is 1. The summed E-state index contributed by atoms with van der Waals surface area (Å²) in [4.78, 5) is 32.6. The van der Waals surface area contributed by atoms with E-state index in [2.05, 4.69) is 32.9 Å². The molecule has 2 atom stereocenters. The van der Waals surface area contributed by atoms with E-state index in [-0.39, 0.29) is 23.7 Å². The number of rotatable bonds is 6. The van der Waals surface area contributed by atoms with Crippen molar-refractivity contribution >= 4 is 45.1 Å². The summed E-state index contributed by atoms with van der Waals surface area (Å²) >= 11 is 0. The van der Waals surface area contributed by atoms with Gasteiger partial charge in [-0.1, -0.05) is 12.7 Å². The monoisotopic (exact) mass is 575 g/mol. The first-order valence-electron chi connectivity index (χ1n) is 14.3. The molecule has 0 aliphatic carbocycles. The van der Waals surface area contributed by atoms with Gasteiger partial charge < -0.3 is 19.5 Å². The molecule has 2 aromatic carbocycles. The molecular weight excluding hydrogens is 545 g/mol. The molecule has 216 valence electrons. The normalized spacial score (nSPS) is 18.0. The van der Waals surface area contributed by atoms with Crippen LogP contribution in [0.2, 0.25) is 0 Å². The smallest absolute Gasteiger partial charge is 0.246 e. The molecule has 2 unspecified atom stereocenters. The minimum absolute atomic E-state index is 0.0267. The van der Waals surface area contributed by atoms with Crippen LogP contribution in [0.25, 0.3) is 27.6 Å². The number of fused-ring (bicyclic) bond motifs is 4. The first kappa shape index (κ1) is 26.8. The average molecular weight is 576 g/mol. The van der Waals surface area contributed by atoms with E-state index in [1.807, 2.05) is 46.8 Å². The number of aromatic nitrogens is 5. The summed E-state index contributed by atoms with van der Waals surface area (Å²) in [7, 11) is 1.93. The van der Waals surface area contributed by atoms with Crippen molar-refractivity contribution in [1.82, 2.24) is 29.4 Å². The molecule has 1 N–H and O–H groups in total. The van der Waals surface area contributed by atoms with Crippen molar-refractivity contribution in [3.05, 3.63) is 90.9 Å². The lowest BCUT2D eigenvalue weighted by atomic mass is 9.84. The van der Waals surface area contributed by atoms with Gasteiger partial charge in [-0.25, -0.2) is 24.3 Å². The van der Waals surface area contributed by atoms with Crippen molar-refractivity contribution < 1.29 is 13.9 Å². The summed E-state index contributed by atoms with van der Waals surface area (Å²) in [5.74, 6) is 0.907. The molecule has 0 saturated carbocycles. The van der Waals surface area contributed by atoms with Crippen LogP contribution in [-0.2, 0) is 11.8 Å². The minimum atomic E-state index is -0.450. The number of carbonyl (C=O) groups is 1. The second-order valence-corrected chi connectivity index (χ2v) is 11.1. The number of amides is 1. The number of ether oxygens (including phenoxy) is 1. The van der Waals surface area contributed by atoms with Crippen molar-refractivity contribution in [2.45, 2.75) is 44.7 Å². The maximum absolute atomic E-state index is 15.7. The zero-order chi connectivity index (χ0) is 29.7. The number of aryl methyl sites for hydroxylation is 1. The molecule has 2 bridgehead atoms. The van der Waals surface area contributed by atoms with Gasteiger partial charge in [0.1, 0.15) is 23.3 Å². The highest BCUT2D eigenvalue weighted by Gasteiger charge is 2.36. The van der Waals surface area contributed by atoms with E-state index in [0.29, 0.717) is 40.3 Å². The van der Waals surface area contributed by atoms with Gasteiger partial charge in [0.2, 0.25) is 5.91 Å². The molecule has 10 heteroatoms. The van der Waals surface area contributed by atoms with Crippen molar-refractivity contribution in [1.29, 1.82) is 0 Å². The maximum Gasteiger partial charge on any atom is 0.246 e. The van der Waals surface area contributed by atoms with E-state index in [4.69, 9.17) is 9.72 Å². The van der Waals surface area contributed by atoms with Crippen LogP contribution in [0.3, 0.4) is 0 Å². The molecule has 1 fully saturated rings. The fourth-order valence-corrected chi connectivity index (χ4v) is 6.19. The average Bonchev–Trinajstić information content (AvgIpc) is 3.39. The van der Waals surface area contributed by atoms with Crippen LogP contribution in [0.1, 0.15) is 36.9 Å². The largest absolute Gasteiger partial charge is 0.457 e. The van der Waals surface area contributed by atoms with Crippen LogP contribution < -0.4 is 10.1 Å². The first-order chi connectivity index (χ1) is 20.9. The lowest BCUT2D eigenvalue weighted by molar-refractivity contribution is -0.131. The van der Waals surface area contributed by atoms with E-state index in [9.17, 15) is 4.79 Å². The number of nitrogens with one attached hydrogen (secondary N) is 1. The third-order valence-corrected chi connectivity index (χ3v) is 8.39.